The minimum atomic E-state index is -4.19. The van der Waals surface area contributed by atoms with Gasteiger partial charge in [-0.25, -0.2) is 0 Å². The van der Waals surface area contributed by atoms with Gasteiger partial charge in [-0.3, -0.25) is 9.69 Å². The Morgan fingerprint density at radius 3 is 2.71 bits per heavy atom. The summed E-state index contributed by atoms with van der Waals surface area (Å²) < 4.78 is 47.4. The summed E-state index contributed by atoms with van der Waals surface area (Å²) in [5.74, 6) is 0.656. The fourth-order valence-corrected chi connectivity index (χ4v) is 2.79. The highest BCUT2D eigenvalue weighted by Gasteiger charge is 2.34. The van der Waals surface area contributed by atoms with Gasteiger partial charge >= 0.3 is 6.18 Å². The Bertz CT molecular complexity index is 578. The lowest BCUT2D eigenvalue weighted by Crippen LogP contribution is -2.34. The molecule has 1 saturated heterocycles. The van der Waals surface area contributed by atoms with Gasteiger partial charge in [-0.05, 0) is 31.0 Å². The van der Waals surface area contributed by atoms with Gasteiger partial charge in [-0.1, -0.05) is 0 Å². The third-order valence-electron chi connectivity index (χ3n) is 3.98. The van der Waals surface area contributed by atoms with Crippen LogP contribution < -0.4 is 14.8 Å². The predicted molar refractivity (Wildman–Crippen MR) is 82.5 cm³/mol. The normalized spacial score (nSPS) is 18.5. The number of carbonyl (C=O) groups excluding carboxylic acids is 1. The van der Waals surface area contributed by atoms with E-state index in [0.717, 1.165) is 0 Å². The van der Waals surface area contributed by atoms with Crippen molar-refractivity contribution in [2.45, 2.75) is 12.6 Å². The van der Waals surface area contributed by atoms with Crippen molar-refractivity contribution in [3.8, 4) is 11.5 Å². The molecule has 0 unspecified atom stereocenters. The Labute approximate surface area is 138 Å². The maximum absolute atomic E-state index is 12.4. The molecule has 1 fully saturated rings. The Morgan fingerprint density at radius 1 is 1.33 bits per heavy atom. The van der Waals surface area contributed by atoms with Crippen LogP contribution in [0.15, 0.2) is 18.2 Å². The number of alkyl halides is 3. The number of ether oxygens (including phenoxy) is 2. The van der Waals surface area contributed by atoms with E-state index in [1.54, 1.807) is 18.2 Å². The van der Waals surface area contributed by atoms with Crippen molar-refractivity contribution in [2.75, 3.05) is 40.4 Å². The first-order valence-electron chi connectivity index (χ1n) is 7.61. The van der Waals surface area contributed by atoms with Crippen LogP contribution in [-0.4, -0.2) is 57.4 Å². The van der Waals surface area contributed by atoms with Crippen molar-refractivity contribution >= 4 is 5.91 Å². The van der Waals surface area contributed by atoms with Gasteiger partial charge < -0.3 is 14.8 Å². The Balaban J connectivity index is 1.88. The second-order valence-electron chi connectivity index (χ2n) is 5.78. The fourth-order valence-electron chi connectivity index (χ4n) is 2.79. The van der Waals surface area contributed by atoms with Crippen LogP contribution >= 0.6 is 0 Å². The lowest BCUT2D eigenvalue weighted by molar-refractivity contribution is -0.143. The van der Waals surface area contributed by atoms with E-state index in [9.17, 15) is 18.0 Å². The second-order valence-corrected chi connectivity index (χ2v) is 5.78. The first kappa shape index (κ1) is 18.4. The molecule has 1 aromatic carbocycles. The monoisotopic (exact) mass is 346 g/mol. The lowest BCUT2D eigenvalue weighted by Gasteiger charge is -2.18. The van der Waals surface area contributed by atoms with Crippen LogP contribution in [0.5, 0.6) is 11.5 Å². The smallest absolute Gasteiger partial charge is 0.401 e. The summed E-state index contributed by atoms with van der Waals surface area (Å²) in [6.45, 7) is 0.164. The Kier molecular flexibility index (Phi) is 5.93. The highest BCUT2D eigenvalue weighted by molar-refractivity contribution is 5.97. The fraction of sp³-hybridized carbons (Fsp3) is 0.562. The van der Waals surface area contributed by atoms with Crippen molar-refractivity contribution < 1.29 is 27.4 Å². The molecule has 134 valence electrons. The standard InChI is InChI=1S/C16H21F3N2O3/c1-23-12-3-4-13(14(7-12)24-2)15(22)20-8-11-5-6-21(9-11)10-16(17,18)19/h3-4,7,11H,5-6,8-10H2,1-2H3,(H,20,22)/t11-/m1/s1. The van der Waals surface area contributed by atoms with E-state index in [2.05, 4.69) is 5.32 Å². The number of nitrogens with one attached hydrogen (secondary N) is 1. The molecule has 8 heteroatoms. The SMILES string of the molecule is COc1ccc(C(=O)NC[C@H]2CCN(CC(F)(F)F)C2)c(OC)c1. The Morgan fingerprint density at radius 2 is 2.08 bits per heavy atom. The summed E-state index contributed by atoms with van der Waals surface area (Å²) >= 11 is 0. The molecule has 0 aliphatic carbocycles. The maximum Gasteiger partial charge on any atom is 0.401 e. The maximum atomic E-state index is 12.4. The van der Waals surface area contributed by atoms with Crippen molar-refractivity contribution in [3.05, 3.63) is 23.8 Å². The van der Waals surface area contributed by atoms with Crippen molar-refractivity contribution in [2.24, 2.45) is 5.92 Å². The van der Waals surface area contributed by atoms with Crippen LogP contribution in [0.25, 0.3) is 0 Å². The van der Waals surface area contributed by atoms with Gasteiger partial charge in [0.05, 0.1) is 26.3 Å². The van der Waals surface area contributed by atoms with Gasteiger partial charge in [-0.2, -0.15) is 13.2 Å². The third kappa shape index (κ3) is 5.02. The molecule has 2 rings (SSSR count). The third-order valence-corrected chi connectivity index (χ3v) is 3.98. The van der Waals surface area contributed by atoms with Crippen LogP contribution in [0.2, 0.25) is 0 Å². The van der Waals surface area contributed by atoms with Crippen LogP contribution in [0.4, 0.5) is 13.2 Å². The molecule has 0 saturated carbocycles. The molecule has 0 aromatic heterocycles. The van der Waals surface area contributed by atoms with Crippen molar-refractivity contribution in [1.82, 2.24) is 10.2 Å². The predicted octanol–water partition coefficient (Wildman–Crippen LogP) is 2.32. The zero-order chi connectivity index (χ0) is 17.7. The number of likely N-dealkylation sites (tertiary alicyclic amines) is 1. The number of nitrogens with zero attached hydrogens (tertiary/aromatic N) is 1. The van der Waals surface area contributed by atoms with Gasteiger partial charge in [0.25, 0.3) is 5.91 Å². The van der Waals surface area contributed by atoms with E-state index in [1.165, 1.54) is 19.1 Å². The number of hydrogen-bond acceptors (Lipinski definition) is 4. The number of methoxy groups -OCH3 is 2. The second kappa shape index (κ2) is 7.74. The van der Waals surface area contributed by atoms with Gasteiger partial charge in [0.1, 0.15) is 11.5 Å². The molecule has 5 nitrogen and oxygen atoms in total. The molecule has 1 aliphatic heterocycles. The number of amides is 1. The summed E-state index contributed by atoms with van der Waals surface area (Å²) in [4.78, 5) is 13.6. The molecule has 0 spiro atoms. The number of rotatable bonds is 6. The average molecular weight is 346 g/mol. The minimum absolute atomic E-state index is 0.0144. The molecule has 24 heavy (non-hydrogen) atoms. The zero-order valence-electron chi connectivity index (χ0n) is 13.7. The average Bonchev–Trinajstić information content (AvgIpc) is 2.97. The molecular formula is C16H21F3N2O3. The molecule has 1 aromatic rings. The van der Waals surface area contributed by atoms with Crippen LogP contribution in [0.1, 0.15) is 16.8 Å². The minimum Gasteiger partial charge on any atom is -0.497 e. The van der Waals surface area contributed by atoms with E-state index in [-0.39, 0.29) is 11.8 Å². The highest BCUT2D eigenvalue weighted by Crippen LogP contribution is 2.25. The van der Waals surface area contributed by atoms with Gasteiger partial charge in [0, 0.05) is 19.2 Å². The summed E-state index contributed by atoms with van der Waals surface area (Å²) in [6.07, 6.45) is -3.55. The highest BCUT2D eigenvalue weighted by atomic mass is 19.4. The summed E-state index contributed by atoms with van der Waals surface area (Å²) in [7, 11) is 2.97. The molecule has 1 N–H and O–H groups in total. The van der Waals surface area contributed by atoms with E-state index >= 15 is 0 Å². The Hall–Kier alpha value is -1.96. The number of carbonyl (C=O) groups is 1. The number of benzene rings is 1. The molecular weight excluding hydrogens is 325 g/mol. The van der Waals surface area contributed by atoms with Gasteiger partial charge in [-0.15, -0.1) is 0 Å². The van der Waals surface area contributed by atoms with Crippen LogP contribution in [0, 0.1) is 5.92 Å². The first-order chi connectivity index (χ1) is 11.3. The van der Waals surface area contributed by atoms with Crippen molar-refractivity contribution in [1.29, 1.82) is 0 Å². The van der Waals surface area contributed by atoms with Crippen LogP contribution in [-0.2, 0) is 0 Å². The van der Waals surface area contributed by atoms with E-state index in [0.29, 0.717) is 43.1 Å². The number of halogens is 3. The number of hydrogen-bond donors (Lipinski definition) is 1. The van der Waals surface area contributed by atoms with E-state index < -0.39 is 12.7 Å². The van der Waals surface area contributed by atoms with E-state index in [1.807, 2.05) is 0 Å². The van der Waals surface area contributed by atoms with Crippen molar-refractivity contribution in [3.63, 3.8) is 0 Å². The zero-order valence-corrected chi connectivity index (χ0v) is 13.7. The van der Waals surface area contributed by atoms with Gasteiger partial charge in [0.2, 0.25) is 0 Å². The molecule has 1 aliphatic rings. The molecule has 0 radical (unpaired) electrons. The summed E-state index contributed by atoms with van der Waals surface area (Å²) in [5.41, 5.74) is 0.364. The van der Waals surface area contributed by atoms with Crippen LogP contribution in [0.3, 0.4) is 0 Å². The lowest BCUT2D eigenvalue weighted by atomic mass is 10.1. The van der Waals surface area contributed by atoms with E-state index in [4.69, 9.17) is 9.47 Å². The molecule has 1 atom stereocenters. The summed E-state index contributed by atoms with van der Waals surface area (Å²) in [5, 5.41) is 2.77. The topological polar surface area (TPSA) is 50.8 Å². The molecule has 1 heterocycles. The first-order valence-corrected chi connectivity index (χ1v) is 7.61. The van der Waals surface area contributed by atoms with Gasteiger partial charge in [0.15, 0.2) is 0 Å². The quantitative estimate of drug-likeness (QED) is 0.859. The molecule has 1 amide bonds. The summed E-state index contributed by atoms with van der Waals surface area (Å²) in [6, 6.07) is 4.85. The molecule has 0 bridgehead atoms. The largest absolute Gasteiger partial charge is 0.497 e.